The summed E-state index contributed by atoms with van der Waals surface area (Å²) in [4.78, 5) is 22.8. The van der Waals surface area contributed by atoms with Crippen molar-refractivity contribution in [1.82, 2.24) is 5.32 Å². The molecule has 0 heterocycles. The first-order chi connectivity index (χ1) is 10.4. The molecule has 2 unspecified atom stereocenters. The SMILES string of the molecule is CC(C)C(O)CNC(=O)CCC(OC(N)=O)c1ccccc1. The minimum Gasteiger partial charge on any atom is -0.441 e. The lowest BCUT2D eigenvalue weighted by Gasteiger charge is -2.18. The molecule has 0 aromatic heterocycles. The van der Waals surface area contributed by atoms with Gasteiger partial charge in [-0.15, -0.1) is 0 Å². The minimum absolute atomic E-state index is 0.0792. The smallest absolute Gasteiger partial charge is 0.405 e. The lowest BCUT2D eigenvalue weighted by Crippen LogP contribution is -2.34. The van der Waals surface area contributed by atoms with Crippen molar-refractivity contribution in [1.29, 1.82) is 0 Å². The van der Waals surface area contributed by atoms with E-state index in [0.717, 1.165) is 5.56 Å². The second-order valence-electron chi connectivity index (χ2n) is 5.49. The van der Waals surface area contributed by atoms with Crippen molar-refractivity contribution in [3.05, 3.63) is 35.9 Å². The molecule has 0 saturated heterocycles. The minimum atomic E-state index is -0.871. The summed E-state index contributed by atoms with van der Waals surface area (Å²) in [5, 5.41) is 12.3. The van der Waals surface area contributed by atoms with Gasteiger partial charge in [0.2, 0.25) is 5.91 Å². The van der Waals surface area contributed by atoms with Crippen molar-refractivity contribution in [3.8, 4) is 0 Å². The molecule has 0 aliphatic heterocycles. The van der Waals surface area contributed by atoms with Crippen molar-refractivity contribution in [2.24, 2.45) is 11.7 Å². The molecule has 0 fully saturated rings. The lowest BCUT2D eigenvalue weighted by atomic mass is 10.0. The molecule has 0 spiro atoms. The fourth-order valence-corrected chi connectivity index (χ4v) is 1.91. The summed E-state index contributed by atoms with van der Waals surface area (Å²) in [7, 11) is 0. The van der Waals surface area contributed by atoms with Crippen LogP contribution in [0.15, 0.2) is 30.3 Å². The Kier molecular flexibility index (Phi) is 7.39. The van der Waals surface area contributed by atoms with Crippen LogP contribution in [0.3, 0.4) is 0 Å². The number of rotatable bonds is 8. The number of aliphatic hydroxyl groups is 1. The van der Waals surface area contributed by atoms with Crippen LogP contribution in [0.1, 0.15) is 38.4 Å². The number of carbonyl (C=O) groups excluding carboxylic acids is 2. The van der Waals surface area contributed by atoms with Crippen molar-refractivity contribution < 1.29 is 19.4 Å². The third kappa shape index (κ3) is 6.58. The summed E-state index contributed by atoms with van der Waals surface area (Å²) in [5.41, 5.74) is 5.86. The molecule has 122 valence electrons. The highest BCUT2D eigenvalue weighted by molar-refractivity contribution is 5.76. The highest BCUT2D eigenvalue weighted by Gasteiger charge is 2.17. The molecule has 2 amide bonds. The Bertz CT molecular complexity index is 476. The number of amides is 2. The Balaban J connectivity index is 2.50. The molecule has 2 atom stereocenters. The van der Waals surface area contributed by atoms with Crippen molar-refractivity contribution in [2.45, 2.75) is 38.9 Å². The zero-order valence-electron chi connectivity index (χ0n) is 13.0. The van der Waals surface area contributed by atoms with E-state index >= 15 is 0 Å². The predicted molar refractivity (Wildman–Crippen MR) is 82.9 cm³/mol. The Morgan fingerprint density at radius 2 is 1.91 bits per heavy atom. The van der Waals surface area contributed by atoms with Gasteiger partial charge >= 0.3 is 6.09 Å². The fraction of sp³-hybridized carbons (Fsp3) is 0.500. The van der Waals surface area contributed by atoms with Gasteiger partial charge in [0.25, 0.3) is 0 Å². The number of ether oxygens (including phenoxy) is 1. The Morgan fingerprint density at radius 3 is 2.45 bits per heavy atom. The highest BCUT2D eigenvalue weighted by atomic mass is 16.6. The molecule has 0 saturated carbocycles. The topological polar surface area (TPSA) is 102 Å². The van der Waals surface area contributed by atoms with Gasteiger partial charge in [0, 0.05) is 13.0 Å². The number of primary amides is 1. The monoisotopic (exact) mass is 308 g/mol. The van der Waals surface area contributed by atoms with Gasteiger partial charge in [-0.1, -0.05) is 44.2 Å². The number of nitrogens with two attached hydrogens (primary N) is 1. The number of carbonyl (C=O) groups is 2. The Morgan fingerprint density at radius 1 is 1.27 bits per heavy atom. The van der Waals surface area contributed by atoms with Crippen LogP contribution in [0.25, 0.3) is 0 Å². The van der Waals surface area contributed by atoms with Crippen LogP contribution in [-0.4, -0.2) is 29.8 Å². The van der Waals surface area contributed by atoms with Gasteiger partial charge in [-0.25, -0.2) is 4.79 Å². The molecule has 6 heteroatoms. The summed E-state index contributed by atoms with van der Waals surface area (Å²) in [6.07, 6.45) is -1.49. The second kappa shape index (κ2) is 9.04. The van der Waals surface area contributed by atoms with E-state index in [1.165, 1.54) is 0 Å². The van der Waals surface area contributed by atoms with Crippen LogP contribution in [0.4, 0.5) is 4.79 Å². The summed E-state index contributed by atoms with van der Waals surface area (Å²) < 4.78 is 5.06. The lowest BCUT2D eigenvalue weighted by molar-refractivity contribution is -0.122. The maximum absolute atomic E-state index is 11.8. The number of aliphatic hydroxyl groups excluding tert-OH is 1. The second-order valence-corrected chi connectivity index (χ2v) is 5.49. The molecule has 0 aliphatic rings. The maximum Gasteiger partial charge on any atom is 0.405 e. The maximum atomic E-state index is 11.8. The highest BCUT2D eigenvalue weighted by Crippen LogP contribution is 2.22. The third-order valence-electron chi connectivity index (χ3n) is 3.34. The number of hydrogen-bond donors (Lipinski definition) is 3. The number of hydrogen-bond acceptors (Lipinski definition) is 4. The molecule has 6 nitrogen and oxygen atoms in total. The molecule has 1 aromatic carbocycles. The van der Waals surface area contributed by atoms with Crippen LogP contribution in [-0.2, 0) is 9.53 Å². The van der Waals surface area contributed by atoms with E-state index in [2.05, 4.69) is 5.32 Å². The van der Waals surface area contributed by atoms with Crippen molar-refractivity contribution in [2.75, 3.05) is 6.54 Å². The molecule has 0 bridgehead atoms. The van der Waals surface area contributed by atoms with Gasteiger partial charge in [0.15, 0.2) is 0 Å². The summed E-state index contributed by atoms with van der Waals surface area (Å²) >= 11 is 0. The van der Waals surface area contributed by atoms with Crippen LogP contribution >= 0.6 is 0 Å². The first kappa shape index (κ1) is 18.0. The summed E-state index contributed by atoms with van der Waals surface area (Å²) in [6, 6.07) is 9.13. The van der Waals surface area contributed by atoms with Crippen LogP contribution in [0, 0.1) is 5.92 Å². The van der Waals surface area contributed by atoms with E-state index in [4.69, 9.17) is 10.5 Å². The van der Waals surface area contributed by atoms with E-state index < -0.39 is 18.3 Å². The third-order valence-corrected chi connectivity index (χ3v) is 3.34. The Labute approximate surface area is 130 Å². The van der Waals surface area contributed by atoms with E-state index in [0.29, 0.717) is 6.42 Å². The van der Waals surface area contributed by atoms with Gasteiger partial charge in [-0.3, -0.25) is 4.79 Å². The zero-order chi connectivity index (χ0) is 16.5. The van der Waals surface area contributed by atoms with Gasteiger partial charge in [0.1, 0.15) is 6.10 Å². The predicted octanol–water partition coefficient (Wildman–Crippen LogP) is 1.74. The van der Waals surface area contributed by atoms with E-state index in [-0.39, 0.29) is 24.8 Å². The molecule has 1 rings (SSSR count). The fourth-order valence-electron chi connectivity index (χ4n) is 1.91. The first-order valence-electron chi connectivity index (χ1n) is 7.36. The standard InChI is InChI=1S/C16H24N2O4/c1-11(2)13(19)10-18-15(20)9-8-14(22-16(17)21)12-6-4-3-5-7-12/h3-7,11,13-14,19H,8-10H2,1-2H3,(H2,17,21)(H,18,20). The van der Waals surface area contributed by atoms with Gasteiger partial charge in [0.05, 0.1) is 6.10 Å². The molecule has 1 aromatic rings. The van der Waals surface area contributed by atoms with E-state index in [9.17, 15) is 14.7 Å². The van der Waals surface area contributed by atoms with Gasteiger partial charge in [-0.05, 0) is 17.9 Å². The largest absolute Gasteiger partial charge is 0.441 e. The average Bonchev–Trinajstić information content (AvgIpc) is 2.49. The molecule has 22 heavy (non-hydrogen) atoms. The molecule has 0 radical (unpaired) electrons. The van der Waals surface area contributed by atoms with Crippen molar-refractivity contribution >= 4 is 12.0 Å². The number of benzene rings is 1. The average molecular weight is 308 g/mol. The first-order valence-corrected chi connectivity index (χ1v) is 7.36. The van der Waals surface area contributed by atoms with Crippen LogP contribution in [0.2, 0.25) is 0 Å². The van der Waals surface area contributed by atoms with Crippen molar-refractivity contribution in [3.63, 3.8) is 0 Å². The normalized spacial score (nSPS) is 13.5. The van der Waals surface area contributed by atoms with Crippen LogP contribution < -0.4 is 11.1 Å². The summed E-state index contributed by atoms with van der Waals surface area (Å²) in [6.45, 7) is 3.97. The molecule has 0 aliphatic carbocycles. The van der Waals surface area contributed by atoms with Gasteiger partial charge in [-0.2, -0.15) is 0 Å². The molecular weight excluding hydrogens is 284 g/mol. The van der Waals surface area contributed by atoms with E-state index in [1.807, 2.05) is 44.2 Å². The van der Waals surface area contributed by atoms with Gasteiger partial charge < -0.3 is 20.9 Å². The van der Waals surface area contributed by atoms with E-state index in [1.54, 1.807) is 0 Å². The molecular formula is C16H24N2O4. The van der Waals surface area contributed by atoms with Crippen LogP contribution in [0.5, 0.6) is 0 Å². The Hall–Kier alpha value is -2.08. The number of nitrogens with one attached hydrogen (secondary N) is 1. The quantitative estimate of drug-likeness (QED) is 0.680. The summed E-state index contributed by atoms with van der Waals surface area (Å²) in [5.74, 6) is -0.121. The zero-order valence-corrected chi connectivity index (χ0v) is 13.0. The molecule has 4 N–H and O–H groups in total.